The number of nitriles is 1. The average Bonchev–Trinajstić information content (AvgIpc) is 3.44. The van der Waals surface area contributed by atoms with Gasteiger partial charge in [-0.1, -0.05) is 13.0 Å². The largest absolute Gasteiger partial charge is 0.419 e. The first-order valence-electron chi connectivity index (χ1n) is 13.2. The predicted octanol–water partition coefficient (Wildman–Crippen LogP) is 5.53. The zero-order valence-corrected chi connectivity index (χ0v) is 24.0. The van der Waals surface area contributed by atoms with Crippen LogP contribution in [0.15, 0.2) is 73.2 Å². The summed E-state index contributed by atoms with van der Waals surface area (Å²) in [4.78, 5) is 23.8. The summed E-state index contributed by atoms with van der Waals surface area (Å²) in [5, 5.41) is 9.22. The van der Waals surface area contributed by atoms with Crippen molar-refractivity contribution in [3.63, 3.8) is 0 Å². The van der Waals surface area contributed by atoms with Crippen LogP contribution in [0.5, 0.6) is 0 Å². The van der Waals surface area contributed by atoms with Crippen LogP contribution in [0.3, 0.4) is 0 Å². The maximum absolute atomic E-state index is 13.9. The molecular formula is C30H27F4N5O3S. The van der Waals surface area contributed by atoms with E-state index in [1.807, 2.05) is 6.07 Å². The minimum Gasteiger partial charge on any atom is -0.331 e. The molecule has 0 aliphatic heterocycles. The number of imidazole rings is 1. The van der Waals surface area contributed by atoms with E-state index >= 15 is 0 Å². The highest BCUT2D eigenvalue weighted by atomic mass is 32.2. The average molecular weight is 614 g/mol. The molecule has 0 spiro atoms. The molecule has 1 atom stereocenters. The van der Waals surface area contributed by atoms with Crippen LogP contribution >= 0.6 is 0 Å². The number of nitrogens with zero attached hydrogens (tertiary/aromatic N) is 5. The first-order chi connectivity index (χ1) is 20.3. The number of hydrogen-bond donors (Lipinski definition) is 0. The van der Waals surface area contributed by atoms with Crippen molar-refractivity contribution in [1.82, 2.24) is 19.4 Å². The first kappa shape index (κ1) is 31.4. The van der Waals surface area contributed by atoms with Crippen LogP contribution < -0.4 is 0 Å². The van der Waals surface area contributed by atoms with Gasteiger partial charge in [0.25, 0.3) is 0 Å². The van der Waals surface area contributed by atoms with Crippen LogP contribution in [0, 0.1) is 17.1 Å². The van der Waals surface area contributed by atoms with Crippen molar-refractivity contribution in [2.75, 3.05) is 18.1 Å². The van der Waals surface area contributed by atoms with Crippen LogP contribution in [-0.2, 0) is 27.2 Å². The number of alkyl halides is 3. The van der Waals surface area contributed by atoms with Crippen molar-refractivity contribution >= 4 is 15.7 Å². The van der Waals surface area contributed by atoms with Crippen LogP contribution in [0.1, 0.15) is 42.4 Å². The molecule has 4 aromatic rings. The summed E-state index contributed by atoms with van der Waals surface area (Å²) in [5.41, 5.74) is 0.613. The Labute approximate surface area is 246 Å². The number of sulfone groups is 1. The maximum atomic E-state index is 13.9. The molecule has 4 rings (SSSR count). The summed E-state index contributed by atoms with van der Waals surface area (Å²) in [5.74, 6) is -2.35. The van der Waals surface area contributed by atoms with E-state index in [0.717, 1.165) is 6.07 Å². The number of aromatic nitrogens is 3. The van der Waals surface area contributed by atoms with Gasteiger partial charge in [-0.05, 0) is 61.0 Å². The van der Waals surface area contributed by atoms with Crippen molar-refractivity contribution < 1.29 is 30.8 Å². The minimum absolute atomic E-state index is 0.0826. The lowest BCUT2D eigenvalue weighted by Gasteiger charge is -2.29. The van der Waals surface area contributed by atoms with E-state index in [-0.39, 0.29) is 23.6 Å². The Bertz CT molecular complexity index is 1750. The van der Waals surface area contributed by atoms with Gasteiger partial charge in [0, 0.05) is 42.1 Å². The molecule has 0 radical (unpaired) electrons. The SMILES string of the molecule is CCS(=O)(=O)CCN(C(=O)Cc1ccc(F)c(C(F)(F)F)c1)[C@H](C)c1nc(-c2cccnc2)cn1-c1ccc(C#N)cc1. The number of halogens is 4. The molecule has 1 amide bonds. The zero-order valence-electron chi connectivity index (χ0n) is 23.2. The molecule has 2 aromatic heterocycles. The van der Waals surface area contributed by atoms with Crippen molar-refractivity contribution in [2.45, 2.75) is 32.5 Å². The molecule has 0 aliphatic carbocycles. The molecule has 13 heteroatoms. The number of carbonyl (C=O) groups is 1. The number of amides is 1. The monoisotopic (exact) mass is 613 g/mol. The highest BCUT2D eigenvalue weighted by molar-refractivity contribution is 7.91. The molecule has 8 nitrogen and oxygen atoms in total. The fourth-order valence-electron chi connectivity index (χ4n) is 4.48. The van der Waals surface area contributed by atoms with Gasteiger partial charge in [0.05, 0.1) is 41.1 Å². The molecule has 0 N–H and O–H groups in total. The first-order valence-corrected chi connectivity index (χ1v) is 15.0. The van der Waals surface area contributed by atoms with Gasteiger partial charge in [-0.15, -0.1) is 0 Å². The van der Waals surface area contributed by atoms with Gasteiger partial charge in [0.2, 0.25) is 5.91 Å². The van der Waals surface area contributed by atoms with E-state index in [9.17, 15) is 36.0 Å². The van der Waals surface area contributed by atoms with E-state index in [1.165, 1.54) is 11.8 Å². The highest BCUT2D eigenvalue weighted by Crippen LogP contribution is 2.33. The summed E-state index contributed by atoms with van der Waals surface area (Å²) in [6.07, 6.45) is -0.583. The number of hydrogen-bond acceptors (Lipinski definition) is 6. The number of pyridine rings is 1. The quantitative estimate of drug-likeness (QED) is 0.218. The summed E-state index contributed by atoms with van der Waals surface area (Å²) in [6, 6.07) is 13.6. The van der Waals surface area contributed by atoms with Crippen molar-refractivity contribution in [1.29, 1.82) is 5.26 Å². The Hall–Kier alpha value is -4.57. The standard InChI is InChI=1S/C30H27F4N5O3S/c1-3-43(41,42)14-13-38(28(40)16-22-8-11-26(31)25(15-22)30(32,33)34)20(2)29-37-27(23-5-4-12-36-18-23)19-39(29)24-9-6-21(17-35)7-10-24/h4-12,15,18-20H,3,13-14,16H2,1-2H3/t20-/m1/s1. The van der Waals surface area contributed by atoms with E-state index < -0.39 is 45.8 Å². The molecule has 0 saturated heterocycles. The molecule has 0 bridgehead atoms. The fourth-order valence-corrected chi connectivity index (χ4v) is 5.24. The normalized spacial score (nSPS) is 12.5. The van der Waals surface area contributed by atoms with Crippen LogP contribution in [0.25, 0.3) is 16.9 Å². The Morgan fingerprint density at radius 1 is 1.14 bits per heavy atom. The van der Waals surface area contributed by atoms with Gasteiger partial charge in [-0.2, -0.15) is 18.4 Å². The molecule has 2 aromatic carbocycles. The summed E-state index contributed by atoms with van der Waals surface area (Å²) in [6.45, 7) is 2.85. The zero-order chi connectivity index (χ0) is 31.4. The molecule has 0 fully saturated rings. The molecule has 2 heterocycles. The van der Waals surface area contributed by atoms with Crippen molar-refractivity contribution in [2.24, 2.45) is 0 Å². The molecule has 0 aliphatic rings. The van der Waals surface area contributed by atoms with Crippen molar-refractivity contribution in [3.8, 4) is 23.0 Å². The van der Waals surface area contributed by atoms with Gasteiger partial charge in [-0.25, -0.2) is 17.8 Å². The fraction of sp³-hybridized carbons (Fsp3) is 0.267. The lowest BCUT2D eigenvalue weighted by Crippen LogP contribution is -2.39. The highest BCUT2D eigenvalue weighted by Gasteiger charge is 2.35. The van der Waals surface area contributed by atoms with E-state index in [4.69, 9.17) is 4.98 Å². The summed E-state index contributed by atoms with van der Waals surface area (Å²) < 4.78 is 80.4. The van der Waals surface area contributed by atoms with E-state index in [2.05, 4.69) is 4.98 Å². The number of rotatable bonds is 10. The molecule has 224 valence electrons. The predicted molar refractivity (Wildman–Crippen MR) is 151 cm³/mol. The number of benzene rings is 2. The maximum Gasteiger partial charge on any atom is 0.419 e. The van der Waals surface area contributed by atoms with Gasteiger partial charge in [-0.3, -0.25) is 9.78 Å². The van der Waals surface area contributed by atoms with Crippen LogP contribution in [0.2, 0.25) is 0 Å². The van der Waals surface area contributed by atoms with Crippen molar-refractivity contribution in [3.05, 3.63) is 102 Å². The second kappa shape index (κ2) is 12.7. The molecular weight excluding hydrogens is 586 g/mol. The smallest absolute Gasteiger partial charge is 0.331 e. The topological polar surface area (TPSA) is 109 Å². The Kier molecular flexibility index (Phi) is 9.30. The Morgan fingerprint density at radius 2 is 1.86 bits per heavy atom. The van der Waals surface area contributed by atoms with E-state index in [0.29, 0.717) is 40.5 Å². The third kappa shape index (κ3) is 7.45. The lowest BCUT2D eigenvalue weighted by atomic mass is 10.1. The van der Waals surface area contributed by atoms with Gasteiger partial charge in [0.15, 0.2) is 9.84 Å². The molecule has 0 saturated carbocycles. The molecule has 0 unspecified atom stereocenters. The van der Waals surface area contributed by atoms with Gasteiger partial charge in [0.1, 0.15) is 11.6 Å². The third-order valence-electron chi connectivity index (χ3n) is 6.90. The second-order valence-corrected chi connectivity index (χ2v) is 12.2. The van der Waals surface area contributed by atoms with E-state index in [1.54, 1.807) is 66.5 Å². The van der Waals surface area contributed by atoms with Crippen LogP contribution in [-0.4, -0.2) is 51.8 Å². The van der Waals surface area contributed by atoms with Gasteiger partial charge >= 0.3 is 6.18 Å². The van der Waals surface area contributed by atoms with Gasteiger partial charge < -0.3 is 9.47 Å². The molecule has 43 heavy (non-hydrogen) atoms. The van der Waals surface area contributed by atoms with Crippen LogP contribution in [0.4, 0.5) is 17.6 Å². The number of carbonyl (C=O) groups excluding carboxylic acids is 1. The summed E-state index contributed by atoms with van der Waals surface area (Å²) in [7, 11) is -3.53. The summed E-state index contributed by atoms with van der Waals surface area (Å²) >= 11 is 0. The minimum atomic E-state index is -4.96. The Balaban J connectivity index is 1.77. The Morgan fingerprint density at radius 3 is 2.47 bits per heavy atom. The lowest BCUT2D eigenvalue weighted by molar-refractivity contribution is -0.140. The third-order valence-corrected chi connectivity index (χ3v) is 8.59. The second-order valence-electron chi connectivity index (χ2n) is 9.74.